The van der Waals surface area contributed by atoms with Gasteiger partial charge >= 0.3 is 3.93 Å². The van der Waals surface area contributed by atoms with Gasteiger partial charge in [-0.25, -0.2) is 14.5 Å². The molecule has 1 aliphatic heterocycles. The summed E-state index contributed by atoms with van der Waals surface area (Å²) in [5, 5.41) is 10.6. The van der Waals surface area contributed by atoms with Gasteiger partial charge in [-0.1, -0.05) is 6.07 Å². The van der Waals surface area contributed by atoms with E-state index in [1.807, 2.05) is 6.07 Å². The van der Waals surface area contributed by atoms with E-state index in [2.05, 4.69) is 35.6 Å². The third-order valence-electron chi connectivity index (χ3n) is 5.89. The van der Waals surface area contributed by atoms with Crippen molar-refractivity contribution in [2.24, 2.45) is 0 Å². The maximum Gasteiger partial charge on any atom is 0.337 e. The summed E-state index contributed by atoms with van der Waals surface area (Å²) in [5.41, 5.74) is 1.35. The number of alkyl halides is 3. The zero-order chi connectivity index (χ0) is 25.1. The summed E-state index contributed by atoms with van der Waals surface area (Å²) in [6.45, 7) is 3.46. The molecule has 0 aromatic carbocycles. The van der Waals surface area contributed by atoms with Crippen LogP contribution >= 0.6 is 22.6 Å². The normalized spacial score (nSPS) is 14.3. The number of carbonyl (C=O) groups excluding carboxylic acids is 1. The molecule has 0 radical (unpaired) electrons. The van der Waals surface area contributed by atoms with Crippen molar-refractivity contribution in [2.75, 3.05) is 31.5 Å². The Kier molecular flexibility index (Phi) is 7.05. The standard InChI is InChI=1S/C24H23F2IN8O/c25-24(26,27)20-7-3-5-18(30-20)21-32-22(19-6-4-13-35(19)33-21)31-17-8-9-28-15-16(17)23(36)29-10-14-34-11-1-2-12-34/h3-9,13,15H,1-2,10-12,14H2,(H,29,36)(H,28,31,32,33). The molecular formula is C24H23F2IN8O. The number of hydrogen-bond acceptors (Lipinski definition) is 7. The van der Waals surface area contributed by atoms with Crippen LogP contribution in [-0.4, -0.2) is 61.6 Å². The van der Waals surface area contributed by atoms with Gasteiger partial charge in [0, 0.05) is 54.3 Å². The van der Waals surface area contributed by atoms with Crippen LogP contribution in [0.3, 0.4) is 0 Å². The average Bonchev–Trinajstić information content (AvgIpc) is 3.56. The van der Waals surface area contributed by atoms with Gasteiger partial charge in [0.05, 0.1) is 11.3 Å². The van der Waals surface area contributed by atoms with Gasteiger partial charge in [-0.15, -0.1) is 5.10 Å². The number of nitrogens with zero attached hydrogens (tertiary/aromatic N) is 6. The van der Waals surface area contributed by atoms with Crippen molar-refractivity contribution in [1.82, 2.24) is 34.8 Å². The fraction of sp³-hybridized carbons (Fsp3) is 0.292. The van der Waals surface area contributed by atoms with E-state index in [4.69, 9.17) is 0 Å². The van der Waals surface area contributed by atoms with Crippen molar-refractivity contribution in [3.63, 3.8) is 0 Å². The highest BCUT2D eigenvalue weighted by Crippen LogP contribution is 2.34. The van der Waals surface area contributed by atoms with Crippen molar-refractivity contribution >= 4 is 45.5 Å². The van der Waals surface area contributed by atoms with Crippen LogP contribution in [-0.2, 0) is 3.93 Å². The van der Waals surface area contributed by atoms with E-state index in [1.165, 1.54) is 31.2 Å². The lowest BCUT2D eigenvalue weighted by Gasteiger charge is -2.16. The molecule has 0 aliphatic carbocycles. The Balaban J connectivity index is 1.42. The Morgan fingerprint density at radius 1 is 1.11 bits per heavy atom. The Labute approximate surface area is 219 Å². The summed E-state index contributed by atoms with van der Waals surface area (Å²) >= 11 is 1.04. The Morgan fingerprint density at radius 2 is 1.94 bits per heavy atom. The number of amides is 1. The zero-order valence-corrected chi connectivity index (χ0v) is 21.3. The fourth-order valence-corrected chi connectivity index (χ4v) is 4.39. The van der Waals surface area contributed by atoms with E-state index < -0.39 is 3.93 Å². The minimum Gasteiger partial charge on any atom is -0.351 e. The summed E-state index contributed by atoms with van der Waals surface area (Å²) in [5.74, 6) is 0.314. The van der Waals surface area contributed by atoms with E-state index in [0.29, 0.717) is 29.1 Å². The van der Waals surface area contributed by atoms with Crippen molar-refractivity contribution in [1.29, 1.82) is 0 Å². The lowest BCUT2D eigenvalue weighted by molar-refractivity contribution is 0.0950. The van der Waals surface area contributed by atoms with E-state index in [0.717, 1.165) is 42.2 Å². The number of carbonyl (C=O) groups is 1. The van der Waals surface area contributed by atoms with Crippen LogP contribution in [0.25, 0.3) is 17.0 Å². The quantitative estimate of drug-likeness (QED) is 0.229. The van der Waals surface area contributed by atoms with Gasteiger partial charge in [0.2, 0.25) is 5.82 Å². The Hall–Kier alpha value is -3.26. The van der Waals surface area contributed by atoms with E-state index in [9.17, 15) is 13.6 Å². The second kappa shape index (κ2) is 10.4. The van der Waals surface area contributed by atoms with E-state index in [-0.39, 0.29) is 23.1 Å². The largest absolute Gasteiger partial charge is 0.351 e. The summed E-state index contributed by atoms with van der Waals surface area (Å²) < 4.78 is 26.1. The molecule has 5 rings (SSSR count). The summed E-state index contributed by atoms with van der Waals surface area (Å²) in [6.07, 6.45) is 7.19. The summed E-state index contributed by atoms with van der Waals surface area (Å²) in [7, 11) is 0. The molecule has 0 atom stereocenters. The van der Waals surface area contributed by atoms with Gasteiger partial charge < -0.3 is 15.5 Å². The van der Waals surface area contributed by atoms with Crippen molar-refractivity contribution in [2.45, 2.75) is 16.8 Å². The van der Waals surface area contributed by atoms with Crippen molar-refractivity contribution in [3.05, 3.63) is 66.2 Å². The smallest absolute Gasteiger partial charge is 0.337 e. The number of halogens is 3. The molecule has 9 nitrogen and oxygen atoms in total. The zero-order valence-electron chi connectivity index (χ0n) is 19.2. The summed E-state index contributed by atoms with van der Waals surface area (Å²) in [6, 6.07) is 9.62. The minimum absolute atomic E-state index is 0.161. The molecular weight excluding hydrogens is 581 g/mol. The predicted molar refractivity (Wildman–Crippen MR) is 140 cm³/mol. The van der Waals surface area contributed by atoms with Gasteiger partial charge in [-0.2, -0.15) is 8.78 Å². The molecule has 1 saturated heterocycles. The minimum atomic E-state index is -3.12. The number of fused-ring (bicyclic) bond motifs is 1. The first-order valence-corrected chi connectivity index (χ1v) is 12.6. The van der Waals surface area contributed by atoms with Crippen molar-refractivity contribution in [3.8, 4) is 11.5 Å². The molecule has 1 amide bonds. The van der Waals surface area contributed by atoms with Crippen molar-refractivity contribution < 1.29 is 13.6 Å². The van der Waals surface area contributed by atoms with Crippen LogP contribution in [0.5, 0.6) is 0 Å². The molecule has 0 saturated carbocycles. The number of aromatic nitrogens is 5. The molecule has 2 N–H and O–H groups in total. The van der Waals surface area contributed by atoms with Crippen LogP contribution in [0.15, 0.2) is 55.0 Å². The molecule has 0 bridgehead atoms. The van der Waals surface area contributed by atoms with E-state index in [1.54, 1.807) is 35.1 Å². The molecule has 4 aromatic heterocycles. The van der Waals surface area contributed by atoms with E-state index >= 15 is 0 Å². The second-order valence-electron chi connectivity index (χ2n) is 8.38. The molecule has 0 spiro atoms. The molecule has 12 heteroatoms. The van der Waals surface area contributed by atoms with Gasteiger partial charge in [0.25, 0.3) is 5.91 Å². The first kappa shape index (κ1) is 24.4. The maximum atomic E-state index is 13.8. The molecule has 4 aromatic rings. The number of hydrogen-bond donors (Lipinski definition) is 2. The highest BCUT2D eigenvalue weighted by Gasteiger charge is 2.29. The lowest BCUT2D eigenvalue weighted by Crippen LogP contribution is -2.33. The number of anilines is 2. The maximum absolute atomic E-state index is 13.8. The lowest BCUT2D eigenvalue weighted by atomic mass is 10.2. The first-order valence-electron chi connectivity index (χ1n) is 11.5. The Bertz CT molecular complexity index is 1380. The third-order valence-corrected chi connectivity index (χ3v) is 6.44. The average molecular weight is 604 g/mol. The monoisotopic (exact) mass is 604 g/mol. The topological polar surface area (TPSA) is 100 Å². The molecule has 5 heterocycles. The number of nitrogens with one attached hydrogen (secondary N) is 2. The molecule has 1 aliphatic rings. The van der Waals surface area contributed by atoms with Crippen LogP contribution < -0.4 is 10.6 Å². The van der Waals surface area contributed by atoms with Crippen LogP contribution in [0.1, 0.15) is 28.9 Å². The number of likely N-dealkylation sites (tertiary alicyclic amines) is 1. The van der Waals surface area contributed by atoms with Gasteiger partial charge in [0.15, 0.2) is 5.82 Å². The highest BCUT2D eigenvalue weighted by molar-refractivity contribution is 14.1. The molecule has 0 unspecified atom stereocenters. The first-order chi connectivity index (χ1) is 17.4. The third kappa shape index (κ3) is 5.43. The van der Waals surface area contributed by atoms with Crippen LogP contribution in [0.2, 0.25) is 0 Å². The highest BCUT2D eigenvalue weighted by atomic mass is 127. The molecule has 1 fully saturated rings. The van der Waals surface area contributed by atoms with Gasteiger partial charge in [0.1, 0.15) is 16.9 Å². The van der Waals surface area contributed by atoms with Crippen LogP contribution in [0.4, 0.5) is 20.3 Å². The second-order valence-corrected chi connectivity index (χ2v) is 9.73. The van der Waals surface area contributed by atoms with Gasteiger partial charge in [-0.3, -0.25) is 9.78 Å². The van der Waals surface area contributed by atoms with Gasteiger partial charge in [-0.05, 0) is 56.3 Å². The number of pyridine rings is 2. The number of rotatable bonds is 8. The molecule has 36 heavy (non-hydrogen) atoms. The molecule has 186 valence electrons. The Morgan fingerprint density at radius 3 is 2.75 bits per heavy atom. The summed E-state index contributed by atoms with van der Waals surface area (Å²) in [4.78, 5) is 28.0. The van der Waals surface area contributed by atoms with Crippen LogP contribution in [0, 0.1) is 0 Å². The fourth-order valence-electron chi connectivity index (χ4n) is 4.09. The predicted octanol–water partition coefficient (Wildman–Crippen LogP) is 4.24. The SMILES string of the molecule is O=C(NCCN1CCCC1)c1cnccc1Nc1nc(-c2cccc(C(F)(F)I)n2)nn2cccc12.